The first-order valence-electron chi connectivity index (χ1n) is 11.3. The van der Waals surface area contributed by atoms with Crippen LogP contribution in [0.2, 0.25) is 0 Å². The predicted molar refractivity (Wildman–Crippen MR) is 127 cm³/mol. The molecule has 3 aliphatic rings. The van der Waals surface area contributed by atoms with Gasteiger partial charge in [0, 0.05) is 24.0 Å². The molecule has 35 heavy (non-hydrogen) atoms. The molecule has 1 aromatic carbocycles. The van der Waals surface area contributed by atoms with E-state index in [-0.39, 0.29) is 17.3 Å². The van der Waals surface area contributed by atoms with E-state index in [4.69, 9.17) is 0 Å². The number of amides is 2. The van der Waals surface area contributed by atoms with Gasteiger partial charge >= 0.3 is 6.36 Å². The summed E-state index contributed by atoms with van der Waals surface area (Å²) in [6.07, 6.45) is 4.74. The highest BCUT2D eigenvalue weighted by Gasteiger charge is 2.31. The van der Waals surface area contributed by atoms with Crippen molar-refractivity contribution in [3.8, 4) is 5.75 Å². The Morgan fingerprint density at radius 3 is 2.49 bits per heavy atom. The van der Waals surface area contributed by atoms with E-state index in [2.05, 4.69) is 31.0 Å². The molecule has 8 nitrogen and oxygen atoms in total. The number of ether oxygens (including phenoxy) is 1. The number of nitrogens with zero attached hydrogens (tertiary/aromatic N) is 1. The zero-order valence-corrected chi connectivity index (χ0v) is 19.5. The van der Waals surface area contributed by atoms with Gasteiger partial charge in [-0.3, -0.25) is 25.2 Å². The molecule has 188 valence electrons. The summed E-state index contributed by atoms with van der Waals surface area (Å²) >= 11 is 0.874. The predicted octanol–water partition coefficient (Wildman–Crippen LogP) is 3.33. The topological polar surface area (TPSA) is 104 Å². The Balaban J connectivity index is 1.14. The molecule has 12 heteroatoms. The molecule has 1 unspecified atom stereocenters. The Morgan fingerprint density at radius 1 is 1.11 bits per heavy atom. The summed E-state index contributed by atoms with van der Waals surface area (Å²) in [4.78, 5) is 27.8. The Labute approximate surface area is 204 Å². The van der Waals surface area contributed by atoms with Gasteiger partial charge in [0.15, 0.2) is 6.29 Å². The molecule has 4 rings (SSSR count). The van der Waals surface area contributed by atoms with Crippen LogP contribution in [-0.4, -0.2) is 48.6 Å². The van der Waals surface area contributed by atoms with E-state index in [9.17, 15) is 22.8 Å². The minimum absolute atomic E-state index is 0.214. The highest BCUT2D eigenvalue weighted by Crippen LogP contribution is 2.25. The number of rotatable bonds is 8. The summed E-state index contributed by atoms with van der Waals surface area (Å²) in [5.74, 6) is -0.609. The van der Waals surface area contributed by atoms with Gasteiger partial charge in [0.05, 0.1) is 4.91 Å². The molecule has 1 saturated carbocycles. The van der Waals surface area contributed by atoms with Crippen LogP contribution in [0.5, 0.6) is 5.75 Å². The zero-order valence-electron chi connectivity index (χ0n) is 18.7. The van der Waals surface area contributed by atoms with Crippen LogP contribution < -0.4 is 26.0 Å². The zero-order chi connectivity index (χ0) is 24.8. The van der Waals surface area contributed by atoms with E-state index in [1.165, 1.54) is 12.1 Å². The normalized spacial score (nSPS) is 25.9. The Morgan fingerprint density at radius 2 is 1.83 bits per heavy atom. The van der Waals surface area contributed by atoms with Crippen molar-refractivity contribution in [3.05, 3.63) is 52.6 Å². The lowest BCUT2D eigenvalue weighted by molar-refractivity contribution is -0.274. The highest BCUT2D eigenvalue weighted by molar-refractivity contribution is 8.18. The molecule has 4 N–H and O–H groups in total. The molecule has 0 radical (unpaired) electrons. The van der Waals surface area contributed by atoms with Crippen LogP contribution in [0.15, 0.2) is 52.0 Å². The molecule has 0 aromatic heterocycles. The van der Waals surface area contributed by atoms with Crippen LogP contribution in [0.4, 0.5) is 18.0 Å². The van der Waals surface area contributed by atoms with Crippen LogP contribution >= 0.6 is 11.8 Å². The number of nitrogens with one attached hydrogen (secondary N) is 4. The quantitative estimate of drug-likeness (QED) is 0.399. The van der Waals surface area contributed by atoms with Crippen molar-refractivity contribution < 1.29 is 27.5 Å². The number of hydrogen-bond acceptors (Lipinski definition) is 8. The van der Waals surface area contributed by atoms with Gasteiger partial charge in [0.25, 0.3) is 11.1 Å². The molecule has 2 amide bonds. The summed E-state index contributed by atoms with van der Waals surface area (Å²) in [5, 5.41) is 12.1. The average molecular weight is 510 g/mol. The summed E-state index contributed by atoms with van der Waals surface area (Å²) in [5.41, 5.74) is 1.65. The minimum Gasteiger partial charge on any atom is -0.406 e. The fraction of sp³-hybridized carbons (Fsp3) is 0.435. The summed E-state index contributed by atoms with van der Waals surface area (Å²) < 4.78 is 40.6. The van der Waals surface area contributed by atoms with Crippen molar-refractivity contribution >= 4 is 29.1 Å². The molecule has 1 aliphatic carbocycles. The van der Waals surface area contributed by atoms with Crippen molar-refractivity contribution in [2.45, 2.75) is 56.8 Å². The van der Waals surface area contributed by atoms with Gasteiger partial charge in [-0.2, -0.15) is 0 Å². The monoisotopic (exact) mass is 509 g/mol. The Bertz CT molecular complexity index is 1020. The van der Waals surface area contributed by atoms with Crippen LogP contribution in [0, 0.1) is 0 Å². The number of allylic oxidation sites excluding steroid dienone is 2. The number of hydrogen-bond donors (Lipinski definition) is 4. The molecule has 1 saturated heterocycles. The highest BCUT2D eigenvalue weighted by atomic mass is 32.2. The number of carbonyl (C=O) groups excluding carboxylic acids is 2. The SMILES string of the molecule is O=C1NC(=O)/C(=C/C2=CC=NC(N[C@H]3CC[C@H](NCCc4ccc(OC(F)(F)F)cc4)CC3)N2)S1. The second-order valence-corrected chi connectivity index (χ2v) is 9.45. The number of alkyl halides is 3. The number of carbonyl (C=O) groups is 2. The second kappa shape index (κ2) is 11.3. The van der Waals surface area contributed by atoms with Crippen molar-refractivity contribution in [3.63, 3.8) is 0 Å². The van der Waals surface area contributed by atoms with Gasteiger partial charge in [-0.25, -0.2) is 0 Å². The van der Waals surface area contributed by atoms with Crippen LogP contribution in [0.3, 0.4) is 0 Å². The molecule has 0 bridgehead atoms. The molecule has 2 fully saturated rings. The molecule has 0 spiro atoms. The fourth-order valence-electron chi connectivity index (χ4n) is 4.16. The minimum atomic E-state index is -4.68. The summed E-state index contributed by atoms with van der Waals surface area (Å²) in [7, 11) is 0. The van der Waals surface area contributed by atoms with Gasteiger partial charge in [-0.15, -0.1) is 13.2 Å². The van der Waals surface area contributed by atoms with Crippen molar-refractivity contribution in [2.75, 3.05) is 6.54 Å². The maximum atomic E-state index is 12.2. The van der Waals surface area contributed by atoms with E-state index in [0.717, 1.165) is 56.0 Å². The van der Waals surface area contributed by atoms with Crippen LogP contribution in [0.1, 0.15) is 31.2 Å². The Hall–Kier alpha value is -2.83. The van der Waals surface area contributed by atoms with Gasteiger partial charge in [0.1, 0.15) is 5.75 Å². The lowest BCUT2D eigenvalue weighted by Crippen LogP contribution is -2.49. The molecular weight excluding hydrogens is 483 g/mol. The van der Waals surface area contributed by atoms with Crippen molar-refractivity contribution in [1.82, 2.24) is 21.3 Å². The first-order chi connectivity index (χ1) is 16.7. The van der Waals surface area contributed by atoms with E-state index in [1.54, 1.807) is 30.5 Å². The molecule has 1 atom stereocenters. The summed E-state index contributed by atoms with van der Waals surface area (Å²) in [6.45, 7) is 0.744. The first-order valence-corrected chi connectivity index (χ1v) is 12.1. The Kier molecular flexibility index (Phi) is 8.14. The smallest absolute Gasteiger partial charge is 0.406 e. The van der Waals surface area contributed by atoms with Gasteiger partial charge in [-0.1, -0.05) is 12.1 Å². The van der Waals surface area contributed by atoms with E-state index < -0.39 is 12.3 Å². The molecule has 1 aromatic rings. The third-order valence-electron chi connectivity index (χ3n) is 5.85. The molecule has 2 aliphatic heterocycles. The fourth-order valence-corrected chi connectivity index (χ4v) is 4.83. The van der Waals surface area contributed by atoms with Crippen LogP contribution in [-0.2, 0) is 11.2 Å². The third-order valence-corrected chi connectivity index (χ3v) is 6.66. The standard InChI is InChI=1S/C23H26F3N5O3S/c24-23(25,26)34-18-7-1-14(2-8-18)9-11-27-15-3-5-16(6-4-15)29-21-28-12-10-17(30-21)13-19-20(32)31-22(33)35-19/h1-2,7-8,10,12-13,15-16,21,27,29-30H,3-6,9,11H2,(H,31,32,33)/b19-13-/t15-,16-,21?. The van der Waals surface area contributed by atoms with E-state index in [1.807, 2.05) is 0 Å². The largest absolute Gasteiger partial charge is 0.573 e. The first kappa shape index (κ1) is 25.3. The maximum absolute atomic E-state index is 12.2. The number of imide groups is 1. The van der Waals surface area contributed by atoms with Gasteiger partial charge in [-0.05, 0) is 80.3 Å². The molecular formula is C23H26F3N5O3S. The summed E-state index contributed by atoms with van der Waals surface area (Å²) in [6, 6.07) is 6.64. The third kappa shape index (κ3) is 7.84. The average Bonchev–Trinajstić information content (AvgIpc) is 3.12. The lowest BCUT2D eigenvalue weighted by Gasteiger charge is -2.32. The van der Waals surface area contributed by atoms with Crippen LogP contribution in [0.25, 0.3) is 0 Å². The number of thioether (sulfide) groups is 1. The lowest BCUT2D eigenvalue weighted by atomic mass is 9.91. The molecule has 2 heterocycles. The van der Waals surface area contributed by atoms with Crippen molar-refractivity contribution in [1.29, 1.82) is 0 Å². The van der Waals surface area contributed by atoms with E-state index >= 15 is 0 Å². The van der Waals surface area contributed by atoms with Gasteiger partial charge < -0.3 is 15.4 Å². The van der Waals surface area contributed by atoms with E-state index in [0.29, 0.717) is 22.7 Å². The van der Waals surface area contributed by atoms with Gasteiger partial charge in [0.2, 0.25) is 0 Å². The number of benzene rings is 1. The second-order valence-electron chi connectivity index (χ2n) is 8.43. The number of aliphatic imine (C=N–C) groups is 1. The van der Waals surface area contributed by atoms with Crippen molar-refractivity contribution in [2.24, 2.45) is 4.99 Å². The number of halogens is 3. The maximum Gasteiger partial charge on any atom is 0.573 e.